The molecule has 0 aliphatic carbocycles. The van der Waals surface area contributed by atoms with Gasteiger partial charge in [0.1, 0.15) is 5.57 Å². The first kappa shape index (κ1) is 32.1. The van der Waals surface area contributed by atoms with Crippen LogP contribution < -0.4 is 5.32 Å². The fraction of sp³-hybridized carbons (Fsp3) is 0.444. The summed E-state index contributed by atoms with van der Waals surface area (Å²) < 4.78 is 170. The van der Waals surface area contributed by atoms with Crippen molar-refractivity contribution in [2.24, 2.45) is 0 Å². The van der Waals surface area contributed by atoms with E-state index in [-0.39, 0.29) is 5.56 Å². The zero-order chi connectivity index (χ0) is 29.1. The number of hydrogen-bond donors (Lipinski definition) is 2. The van der Waals surface area contributed by atoms with E-state index >= 15 is 0 Å². The maximum absolute atomic E-state index is 13.9. The smallest absolute Gasteiger partial charge is 0.412 e. The molecule has 1 aromatic carbocycles. The zero-order valence-corrected chi connectivity index (χ0v) is 18.6. The number of hydrogen-bond acceptors (Lipinski definition) is 6. The summed E-state index contributed by atoms with van der Waals surface area (Å²) in [7, 11) is -6.82. The summed E-state index contributed by atoms with van der Waals surface area (Å²) in [5.41, 5.74) is -2.51. The molecule has 0 fully saturated rings. The van der Waals surface area contributed by atoms with Crippen molar-refractivity contribution in [1.29, 1.82) is 0 Å². The molecule has 0 bridgehead atoms. The van der Waals surface area contributed by atoms with Gasteiger partial charge in [0.25, 0.3) is 0 Å². The van der Waals surface area contributed by atoms with Crippen molar-refractivity contribution in [1.82, 2.24) is 5.32 Å². The zero-order valence-electron chi connectivity index (χ0n) is 17.8. The van der Waals surface area contributed by atoms with Crippen LogP contribution in [0.3, 0.4) is 0 Å². The van der Waals surface area contributed by atoms with Crippen LogP contribution in [0.25, 0.3) is 0 Å². The lowest BCUT2D eigenvalue weighted by Gasteiger charge is -2.34. The molecule has 0 aliphatic rings. The van der Waals surface area contributed by atoms with Crippen LogP contribution in [0.15, 0.2) is 42.5 Å². The second kappa shape index (κ2) is 10.8. The number of rotatable bonds is 11. The molecular formula is C18H15F10NO7S. The molecule has 0 heterocycles. The fourth-order valence-corrected chi connectivity index (χ4v) is 2.75. The van der Waals surface area contributed by atoms with Crippen molar-refractivity contribution in [3.05, 3.63) is 48.0 Å². The summed E-state index contributed by atoms with van der Waals surface area (Å²) >= 11 is 0. The second-order valence-corrected chi connectivity index (χ2v) is 8.41. The molecule has 8 nitrogen and oxygen atoms in total. The third kappa shape index (κ3) is 7.31. The number of alkyl halides is 10. The molecule has 0 spiro atoms. The number of benzene rings is 1. The van der Waals surface area contributed by atoms with Crippen LogP contribution >= 0.6 is 0 Å². The highest BCUT2D eigenvalue weighted by atomic mass is 32.2. The van der Waals surface area contributed by atoms with Gasteiger partial charge in [-0.05, 0) is 5.56 Å². The molecule has 1 amide bonds. The Balaban J connectivity index is 3.40. The van der Waals surface area contributed by atoms with Crippen LogP contribution in [-0.2, 0) is 35.7 Å². The Hall–Kier alpha value is -2.93. The van der Waals surface area contributed by atoms with Gasteiger partial charge in [0.2, 0.25) is 0 Å². The second-order valence-electron chi connectivity index (χ2n) is 6.94. The summed E-state index contributed by atoms with van der Waals surface area (Å²) in [6, 6.07) is 6.62. The number of esters is 1. The normalized spacial score (nSPS) is 15.0. The Morgan fingerprint density at radius 3 is 1.89 bits per heavy atom. The van der Waals surface area contributed by atoms with E-state index in [9.17, 15) is 61.9 Å². The van der Waals surface area contributed by atoms with Crippen LogP contribution in [0.1, 0.15) is 12.0 Å². The molecule has 1 rings (SSSR count). The van der Waals surface area contributed by atoms with Crippen molar-refractivity contribution >= 4 is 22.0 Å². The van der Waals surface area contributed by atoms with E-state index in [1.807, 2.05) is 0 Å². The van der Waals surface area contributed by atoms with E-state index in [0.717, 1.165) is 0 Å². The van der Waals surface area contributed by atoms with Gasteiger partial charge in [-0.1, -0.05) is 36.9 Å². The van der Waals surface area contributed by atoms with E-state index in [4.69, 9.17) is 4.55 Å². The van der Waals surface area contributed by atoms with E-state index < -0.39 is 76.5 Å². The summed E-state index contributed by atoms with van der Waals surface area (Å²) in [4.78, 5) is 24.1. The van der Waals surface area contributed by atoms with Crippen molar-refractivity contribution in [3.8, 4) is 0 Å². The Labute approximate surface area is 201 Å². The van der Waals surface area contributed by atoms with Crippen molar-refractivity contribution in [3.63, 3.8) is 0 Å². The van der Waals surface area contributed by atoms with Gasteiger partial charge in [-0.3, -0.25) is 9.35 Å². The van der Waals surface area contributed by atoms with Crippen LogP contribution in [-0.4, -0.2) is 60.8 Å². The topological polar surface area (TPSA) is 119 Å². The fourth-order valence-electron chi connectivity index (χ4n) is 2.27. The average Bonchev–Trinajstić information content (AvgIpc) is 2.74. The van der Waals surface area contributed by atoms with Gasteiger partial charge in [0, 0.05) is 13.0 Å². The molecule has 0 saturated heterocycles. The Kier molecular flexibility index (Phi) is 9.39. The summed E-state index contributed by atoms with van der Waals surface area (Å²) in [6.45, 7) is -1.01. The summed E-state index contributed by atoms with van der Waals surface area (Å²) in [6.07, 6.45) is -14.7. The lowest BCUT2D eigenvalue weighted by Crippen LogP contribution is -2.62. The molecule has 0 aromatic heterocycles. The molecule has 2 N–H and O–H groups in total. The summed E-state index contributed by atoms with van der Waals surface area (Å²) in [5.74, 6) is -16.5. The molecule has 0 aliphatic heterocycles. The van der Waals surface area contributed by atoms with Gasteiger partial charge in [0.05, 0.1) is 6.61 Å². The van der Waals surface area contributed by atoms with E-state index in [2.05, 4.69) is 16.1 Å². The van der Waals surface area contributed by atoms with E-state index in [1.54, 1.807) is 0 Å². The lowest BCUT2D eigenvalue weighted by molar-refractivity contribution is -0.350. The van der Waals surface area contributed by atoms with Gasteiger partial charge >= 0.3 is 51.3 Å². The molecule has 1 aromatic rings. The van der Waals surface area contributed by atoms with Crippen molar-refractivity contribution in [2.75, 3.05) is 6.61 Å². The third-order valence-electron chi connectivity index (χ3n) is 4.26. The predicted octanol–water partition coefficient (Wildman–Crippen LogP) is 3.75. The molecule has 210 valence electrons. The maximum Gasteiger partial charge on any atom is 0.466 e. The third-order valence-corrected chi connectivity index (χ3v) is 5.21. The summed E-state index contributed by atoms with van der Waals surface area (Å²) in [5, 5.41) is -4.77. The number of ether oxygens (including phenoxy) is 2. The first-order valence-corrected chi connectivity index (χ1v) is 10.7. The Bertz CT molecular complexity index is 1100. The highest BCUT2D eigenvalue weighted by Gasteiger charge is 2.69. The van der Waals surface area contributed by atoms with Crippen LogP contribution in [0.2, 0.25) is 0 Å². The average molecular weight is 579 g/mol. The monoisotopic (exact) mass is 579 g/mol. The highest BCUT2D eigenvalue weighted by molar-refractivity contribution is 7.87. The molecule has 0 radical (unpaired) electrons. The number of carbonyl (C=O) groups excluding carboxylic acids is 2. The largest absolute Gasteiger partial charge is 0.466 e. The van der Waals surface area contributed by atoms with E-state index in [1.165, 1.54) is 35.6 Å². The SMILES string of the molecule is C=C(C(=O)OC(OCCC(F)(F)C(F)(F)S(=O)(=O)O)(C(=O)NCc1ccccc1)C(F)(F)F)C(F)(F)F. The Morgan fingerprint density at radius 1 is 0.946 bits per heavy atom. The van der Waals surface area contributed by atoms with Crippen molar-refractivity contribution < 1.29 is 75.9 Å². The highest BCUT2D eigenvalue weighted by Crippen LogP contribution is 2.42. The van der Waals surface area contributed by atoms with Gasteiger partial charge in [-0.15, -0.1) is 0 Å². The first-order valence-electron chi connectivity index (χ1n) is 9.24. The quantitative estimate of drug-likeness (QED) is 0.135. The number of nitrogens with one attached hydrogen (secondary N) is 1. The minimum atomic E-state index is -6.82. The van der Waals surface area contributed by atoms with Crippen LogP contribution in [0.4, 0.5) is 43.9 Å². The van der Waals surface area contributed by atoms with Gasteiger partial charge in [-0.25, -0.2) is 4.79 Å². The minimum Gasteiger partial charge on any atom is -0.412 e. The van der Waals surface area contributed by atoms with Crippen LogP contribution in [0, 0.1) is 0 Å². The molecule has 1 atom stereocenters. The van der Waals surface area contributed by atoms with Crippen molar-refractivity contribution in [2.45, 2.75) is 42.3 Å². The maximum atomic E-state index is 13.9. The predicted molar refractivity (Wildman–Crippen MR) is 100 cm³/mol. The molecular weight excluding hydrogens is 564 g/mol. The minimum absolute atomic E-state index is 0.0808. The molecule has 19 heteroatoms. The molecule has 1 unspecified atom stereocenters. The van der Waals surface area contributed by atoms with Gasteiger partial charge < -0.3 is 14.8 Å². The van der Waals surface area contributed by atoms with Crippen LogP contribution in [0.5, 0.6) is 0 Å². The van der Waals surface area contributed by atoms with E-state index in [0.29, 0.717) is 0 Å². The Morgan fingerprint density at radius 2 is 1.46 bits per heavy atom. The number of amides is 1. The van der Waals surface area contributed by atoms with Gasteiger partial charge in [0.15, 0.2) is 0 Å². The standard InChI is InChI=1S/C18H15F10NO7S/c1-10(16(21,22)23)12(30)36-15(17(24,25)26,13(31)29-9-11-5-3-2-4-6-11)35-8-7-14(19,20)18(27,28)37(32,33)34/h2-6H,1,7-9H2,(H,29,31)(H,32,33,34). The number of carbonyl (C=O) groups is 2. The number of halogens is 10. The molecule has 0 saturated carbocycles. The molecule has 37 heavy (non-hydrogen) atoms. The first-order chi connectivity index (χ1) is 16.5. The lowest BCUT2D eigenvalue weighted by atomic mass is 10.2. The van der Waals surface area contributed by atoms with Gasteiger partial charge in [-0.2, -0.15) is 52.3 Å².